The molecule has 0 bridgehead atoms. The zero-order valence-electron chi connectivity index (χ0n) is 17.7. The standard InChI is InChI=1S/C22H36N4O2/c1-4-23-22(25-13-14-26(19-8-9-19)16-18-5-6-18)24-12-11-17-7-10-20(27-2)21(15-17)28-3/h7,10,15,18-19H,4-6,8-9,11-14,16H2,1-3H3,(H2,23,24,25). The minimum atomic E-state index is 0.764. The Morgan fingerprint density at radius 1 is 1.11 bits per heavy atom. The van der Waals surface area contributed by atoms with Gasteiger partial charge in [0, 0.05) is 32.2 Å². The van der Waals surface area contributed by atoms with E-state index in [2.05, 4.69) is 28.5 Å². The molecule has 2 aliphatic rings. The Bertz CT molecular complexity index is 641. The molecule has 3 rings (SSSR count). The monoisotopic (exact) mass is 388 g/mol. The molecule has 0 heterocycles. The molecule has 0 radical (unpaired) electrons. The first-order valence-electron chi connectivity index (χ1n) is 10.7. The van der Waals surface area contributed by atoms with E-state index in [9.17, 15) is 0 Å². The second-order valence-corrected chi connectivity index (χ2v) is 7.80. The van der Waals surface area contributed by atoms with Crippen LogP contribution in [0.2, 0.25) is 0 Å². The first kappa shape index (κ1) is 20.8. The lowest BCUT2D eigenvalue weighted by Gasteiger charge is -2.21. The largest absolute Gasteiger partial charge is 0.493 e. The summed E-state index contributed by atoms with van der Waals surface area (Å²) in [7, 11) is 3.33. The third-order valence-electron chi connectivity index (χ3n) is 5.41. The minimum Gasteiger partial charge on any atom is -0.493 e. The van der Waals surface area contributed by atoms with E-state index in [0.717, 1.165) is 62.0 Å². The van der Waals surface area contributed by atoms with E-state index in [1.54, 1.807) is 14.2 Å². The van der Waals surface area contributed by atoms with Gasteiger partial charge in [0.15, 0.2) is 17.5 Å². The maximum absolute atomic E-state index is 5.39. The number of nitrogens with one attached hydrogen (secondary N) is 2. The Morgan fingerprint density at radius 3 is 2.54 bits per heavy atom. The van der Waals surface area contributed by atoms with Crippen LogP contribution < -0.4 is 20.1 Å². The molecular weight excluding hydrogens is 352 g/mol. The summed E-state index contributed by atoms with van der Waals surface area (Å²) in [4.78, 5) is 7.45. The number of guanidine groups is 1. The van der Waals surface area contributed by atoms with Crippen LogP contribution in [0.1, 0.15) is 38.2 Å². The van der Waals surface area contributed by atoms with Gasteiger partial charge in [-0.15, -0.1) is 0 Å². The van der Waals surface area contributed by atoms with Crippen molar-refractivity contribution in [3.05, 3.63) is 23.8 Å². The first-order chi connectivity index (χ1) is 13.7. The molecular formula is C22H36N4O2. The van der Waals surface area contributed by atoms with Gasteiger partial charge in [0.1, 0.15) is 0 Å². The summed E-state index contributed by atoms with van der Waals surface area (Å²) < 4.78 is 10.7. The normalized spacial score (nSPS) is 16.9. The average molecular weight is 389 g/mol. The van der Waals surface area contributed by atoms with Crippen molar-refractivity contribution in [2.24, 2.45) is 10.9 Å². The van der Waals surface area contributed by atoms with Crippen molar-refractivity contribution in [2.45, 2.75) is 45.1 Å². The van der Waals surface area contributed by atoms with E-state index in [-0.39, 0.29) is 0 Å². The zero-order valence-corrected chi connectivity index (χ0v) is 17.7. The average Bonchev–Trinajstić information content (AvgIpc) is 3.61. The van der Waals surface area contributed by atoms with Crippen molar-refractivity contribution < 1.29 is 9.47 Å². The Balaban J connectivity index is 1.45. The molecule has 0 unspecified atom stereocenters. The van der Waals surface area contributed by atoms with E-state index < -0.39 is 0 Å². The van der Waals surface area contributed by atoms with Gasteiger partial charge in [-0.05, 0) is 62.6 Å². The summed E-state index contributed by atoms with van der Waals surface area (Å²) in [6.07, 6.45) is 6.50. The smallest absolute Gasteiger partial charge is 0.191 e. The second kappa shape index (κ2) is 10.6. The van der Waals surface area contributed by atoms with Crippen LogP contribution in [0, 0.1) is 5.92 Å². The minimum absolute atomic E-state index is 0.764. The zero-order chi connectivity index (χ0) is 19.8. The fourth-order valence-corrected chi connectivity index (χ4v) is 3.49. The van der Waals surface area contributed by atoms with Crippen LogP contribution in [0.25, 0.3) is 0 Å². The fourth-order valence-electron chi connectivity index (χ4n) is 3.49. The van der Waals surface area contributed by atoms with E-state index >= 15 is 0 Å². The molecule has 0 amide bonds. The number of nitrogens with zero attached hydrogens (tertiary/aromatic N) is 2. The highest BCUT2D eigenvalue weighted by Gasteiger charge is 2.33. The second-order valence-electron chi connectivity index (χ2n) is 7.80. The van der Waals surface area contributed by atoms with Crippen molar-refractivity contribution >= 4 is 5.96 Å². The quantitative estimate of drug-likeness (QED) is 0.426. The molecule has 1 aromatic rings. The SMILES string of the molecule is CCNC(=NCCN(CC1CC1)C1CC1)NCCc1ccc(OC)c(OC)c1. The number of benzene rings is 1. The lowest BCUT2D eigenvalue weighted by Crippen LogP contribution is -2.39. The van der Waals surface area contributed by atoms with Gasteiger partial charge in [0.2, 0.25) is 0 Å². The molecule has 28 heavy (non-hydrogen) atoms. The van der Waals surface area contributed by atoms with Gasteiger partial charge >= 0.3 is 0 Å². The van der Waals surface area contributed by atoms with Crippen molar-refractivity contribution in [2.75, 3.05) is 46.9 Å². The van der Waals surface area contributed by atoms with Gasteiger partial charge in [-0.2, -0.15) is 0 Å². The third-order valence-corrected chi connectivity index (χ3v) is 5.41. The van der Waals surface area contributed by atoms with Crippen molar-refractivity contribution in [3.8, 4) is 11.5 Å². The summed E-state index contributed by atoms with van der Waals surface area (Å²) in [5.74, 6) is 3.40. The van der Waals surface area contributed by atoms with Crippen LogP contribution in [0.5, 0.6) is 11.5 Å². The van der Waals surface area contributed by atoms with E-state index in [0.29, 0.717) is 0 Å². The Morgan fingerprint density at radius 2 is 1.89 bits per heavy atom. The summed E-state index contributed by atoms with van der Waals surface area (Å²) in [5, 5.41) is 6.81. The summed E-state index contributed by atoms with van der Waals surface area (Å²) >= 11 is 0. The van der Waals surface area contributed by atoms with Gasteiger partial charge in [0.05, 0.1) is 20.8 Å². The lowest BCUT2D eigenvalue weighted by molar-refractivity contribution is 0.260. The predicted molar refractivity (Wildman–Crippen MR) is 115 cm³/mol. The molecule has 0 spiro atoms. The van der Waals surface area contributed by atoms with Crippen LogP contribution in [-0.2, 0) is 6.42 Å². The van der Waals surface area contributed by atoms with Crippen molar-refractivity contribution in [1.82, 2.24) is 15.5 Å². The molecule has 2 fully saturated rings. The predicted octanol–water partition coefficient (Wildman–Crippen LogP) is 2.68. The van der Waals surface area contributed by atoms with Crippen LogP contribution in [0.4, 0.5) is 0 Å². The molecule has 0 atom stereocenters. The van der Waals surface area contributed by atoms with Gasteiger partial charge in [-0.3, -0.25) is 9.89 Å². The van der Waals surface area contributed by atoms with Crippen molar-refractivity contribution in [1.29, 1.82) is 0 Å². The molecule has 1 aromatic carbocycles. The Kier molecular flexibility index (Phi) is 7.83. The topological polar surface area (TPSA) is 58.1 Å². The van der Waals surface area contributed by atoms with Gasteiger partial charge < -0.3 is 20.1 Å². The van der Waals surface area contributed by atoms with E-state index in [4.69, 9.17) is 14.5 Å². The summed E-state index contributed by atoms with van der Waals surface area (Å²) in [5.41, 5.74) is 1.21. The number of hydrogen-bond acceptors (Lipinski definition) is 4. The number of aliphatic imine (C=N–C) groups is 1. The van der Waals surface area contributed by atoms with Crippen LogP contribution in [0.15, 0.2) is 23.2 Å². The summed E-state index contributed by atoms with van der Waals surface area (Å²) in [6, 6.07) is 6.91. The Hall–Kier alpha value is -1.95. The van der Waals surface area contributed by atoms with E-state index in [1.165, 1.54) is 37.8 Å². The molecule has 156 valence electrons. The lowest BCUT2D eigenvalue weighted by atomic mass is 10.1. The van der Waals surface area contributed by atoms with E-state index in [1.807, 2.05) is 12.1 Å². The Labute approximate surface area is 169 Å². The first-order valence-corrected chi connectivity index (χ1v) is 10.7. The summed E-state index contributed by atoms with van der Waals surface area (Å²) in [6.45, 7) is 7.02. The number of methoxy groups -OCH3 is 2. The molecule has 6 heteroatoms. The van der Waals surface area contributed by atoms with Gasteiger partial charge in [-0.1, -0.05) is 6.07 Å². The molecule has 2 saturated carbocycles. The maximum Gasteiger partial charge on any atom is 0.191 e. The molecule has 0 saturated heterocycles. The van der Waals surface area contributed by atoms with Gasteiger partial charge in [-0.25, -0.2) is 0 Å². The maximum atomic E-state index is 5.39. The highest BCUT2D eigenvalue weighted by Crippen LogP contribution is 2.34. The number of rotatable bonds is 12. The van der Waals surface area contributed by atoms with Crippen LogP contribution >= 0.6 is 0 Å². The fraction of sp³-hybridized carbons (Fsp3) is 0.682. The number of hydrogen-bond donors (Lipinski definition) is 2. The third kappa shape index (κ3) is 6.59. The number of ether oxygens (including phenoxy) is 2. The van der Waals surface area contributed by atoms with Crippen molar-refractivity contribution in [3.63, 3.8) is 0 Å². The highest BCUT2D eigenvalue weighted by molar-refractivity contribution is 5.79. The molecule has 2 N–H and O–H groups in total. The highest BCUT2D eigenvalue weighted by atomic mass is 16.5. The molecule has 0 aromatic heterocycles. The van der Waals surface area contributed by atoms with Gasteiger partial charge in [0.25, 0.3) is 0 Å². The molecule has 2 aliphatic carbocycles. The molecule has 6 nitrogen and oxygen atoms in total. The van der Waals surface area contributed by atoms with Crippen LogP contribution in [-0.4, -0.2) is 63.8 Å². The van der Waals surface area contributed by atoms with Crippen LogP contribution in [0.3, 0.4) is 0 Å². The molecule has 0 aliphatic heterocycles.